The Labute approximate surface area is 151 Å². The van der Waals surface area contributed by atoms with Crippen molar-refractivity contribution in [1.29, 1.82) is 0 Å². The number of aromatic hydroxyl groups is 1. The van der Waals surface area contributed by atoms with E-state index in [1.807, 2.05) is 26.0 Å². The Hall–Kier alpha value is -2.18. The van der Waals surface area contributed by atoms with Crippen LogP contribution in [0.25, 0.3) is 0 Å². The highest BCUT2D eigenvalue weighted by Crippen LogP contribution is 2.37. The monoisotopic (exact) mass is 359 g/mol. The number of phenolic OH excluding ortho intramolecular Hbond substituents is 1. The number of thiophene rings is 1. The van der Waals surface area contributed by atoms with Crippen molar-refractivity contribution in [2.24, 2.45) is 4.99 Å². The van der Waals surface area contributed by atoms with E-state index in [2.05, 4.69) is 12.0 Å². The molecule has 5 nitrogen and oxygen atoms in total. The molecule has 1 unspecified atom stereocenters. The number of quaternary nitrogens is 1. The minimum absolute atomic E-state index is 0.217. The van der Waals surface area contributed by atoms with Gasteiger partial charge in [0.25, 0.3) is 0 Å². The Morgan fingerprint density at radius 1 is 1.48 bits per heavy atom. The number of hydrogen-bond acceptors (Lipinski definition) is 5. The first-order chi connectivity index (χ1) is 12.0. The van der Waals surface area contributed by atoms with Crippen LogP contribution in [0.4, 0.5) is 5.00 Å². The van der Waals surface area contributed by atoms with Crippen LogP contribution in [0, 0.1) is 6.92 Å². The number of benzene rings is 1. The molecule has 132 valence electrons. The van der Waals surface area contributed by atoms with Gasteiger partial charge in [-0.2, -0.15) is 0 Å². The van der Waals surface area contributed by atoms with Gasteiger partial charge in [-0.25, -0.2) is 9.79 Å². The molecular formula is C19H23N2O3S+. The van der Waals surface area contributed by atoms with Crippen molar-refractivity contribution in [2.45, 2.75) is 26.8 Å². The standard InChI is InChI=1S/C19H22N2O3S/c1-4-24-19(23)16-14-8-9-21(3)11-15(14)25-18(16)20-10-13-7-5-6-12(2)17(13)22/h5-7,10,22H,4,8-9,11H2,1-3H3/p+1/b20-10+. The number of phenols is 1. The van der Waals surface area contributed by atoms with Crippen LogP contribution in [0.3, 0.4) is 0 Å². The molecule has 0 spiro atoms. The minimum Gasteiger partial charge on any atom is -0.507 e. The van der Waals surface area contributed by atoms with Gasteiger partial charge in [-0.3, -0.25) is 0 Å². The molecule has 0 fully saturated rings. The summed E-state index contributed by atoms with van der Waals surface area (Å²) in [6.45, 7) is 5.90. The fraction of sp³-hybridized carbons (Fsp3) is 0.368. The zero-order valence-electron chi connectivity index (χ0n) is 14.8. The molecule has 0 saturated carbocycles. The Bertz CT molecular complexity index is 826. The summed E-state index contributed by atoms with van der Waals surface area (Å²) < 4.78 is 5.25. The van der Waals surface area contributed by atoms with E-state index in [-0.39, 0.29) is 11.7 Å². The summed E-state index contributed by atoms with van der Waals surface area (Å²) in [5.74, 6) is -0.0883. The molecule has 2 heterocycles. The summed E-state index contributed by atoms with van der Waals surface area (Å²) in [6.07, 6.45) is 2.48. The van der Waals surface area contributed by atoms with Gasteiger partial charge in [0, 0.05) is 18.2 Å². The fourth-order valence-corrected chi connectivity index (χ4v) is 4.32. The second-order valence-corrected chi connectivity index (χ2v) is 7.39. The molecule has 2 aromatic rings. The first-order valence-electron chi connectivity index (χ1n) is 8.46. The molecule has 0 bridgehead atoms. The number of fused-ring (bicyclic) bond motifs is 1. The first kappa shape index (κ1) is 17.6. The number of nitrogens with one attached hydrogen (secondary N) is 1. The van der Waals surface area contributed by atoms with Crippen LogP contribution in [0.2, 0.25) is 0 Å². The van der Waals surface area contributed by atoms with Crippen LogP contribution >= 0.6 is 11.3 Å². The van der Waals surface area contributed by atoms with Crippen LogP contribution in [-0.4, -0.2) is 37.5 Å². The highest BCUT2D eigenvalue weighted by Gasteiger charge is 2.29. The van der Waals surface area contributed by atoms with Gasteiger partial charge in [0.2, 0.25) is 0 Å². The number of hydrogen-bond donors (Lipinski definition) is 2. The average molecular weight is 359 g/mol. The van der Waals surface area contributed by atoms with Gasteiger partial charge < -0.3 is 14.7 Å². The molecule has 0 radical (unpaired) electrons. The maximum atomic E-state index is 12.5. The quantitative estimate of drug-likeness (QED) is 0.650. The molecule has 0 saturated heterocycles. The smallest absolute Gasteiger partial charge is 0.341 e. The molecule has 2 N–H and O–H groups in total. The largest absolute Gasteiger partial charge is 0.507 e. The number of aryl methyl sites for hydroxylation is 1. The van der Waals surface area contributed by atoms with E-state index in [1.54, 1.807) is 23.6 Å². The van der Waals surface area contributed by atoms with E-state index in [9.17, 15) is 9.90 Å². The second-order valence-electron chi connectivity index (χ2n) is 6.31. The Kier molecular flexibility index (Phi) is 5.20. The fourth-order valence-electron chi connectivity index (χ4n) is 3.02. The number of rotatable bonds is 4. The predicted molar refractivity (Wildman–Crippen MR) is 99.5 cm³/mol. The summed E-state index contributed by atoms with van der Waals surface area (Å²) in [7, 11) is 2.15. The molecule has 0 aliphatic carbocycles. The van der Waals surface area contributed by atoms with E-state index in [0.29, 0.717) is 22.7 Å². The van der Waals surface area contributed by atoms with E-state index in [0.717, 1.165) is 30.6 Å². The Morgan fingerprint density at radius 2 is 2.28 bits per heavy atom. The summed E-state index contributed by atoms with van der Waals surface area (Å²) in [4.78, 5) is 19.6. The Balaban J connectivity index is 2.01. The predicted octanol–water partition coefficient (Wildman–Crippen LogP) is 2.26. The topological polar surface area (TPSA) is 63.3 Å². The third kappa shape index (κ3) is 3.60. The van der Waals surface area contributed by atoms with Crippen molar-refractivity contribution in [3.63, 3.8) is 0 Å². The highest BCUT2D eigenvalue weighted by atomic mass is 32.1. The average Bonchev–Trinajstić information content (AvgIpc) is 2.93. The summed E-state index contributed by atoms with van der Waals surface area (Å²) in [5, 5.41) is 10.8. The number of para-hydroxylation sites is 1. The third-order valence-electron chi connectivity index (χ3n) is 4.41. The van der Waals surface area contributed by atoms with Crippen molar-refractivity contribution >= 4 is 28.5 Å². The minimum atomic E-state index is -0.305. The van der Waals surface area contributed by atoms with E-state index in [1.165, 1.54) is 9.78 Å². The Morgan fingerprint density at radius 3 is 3.04 bits per heavy atom. The molecule has 1 aromatic carbocycles. The summed E-state index contributed by atoms with van der Waals surface area (Å²) in [6, 6.07) is 5.53. The third-order valence-corrected chi connectivity index (χ3v) is 5.55. The van der Waals surface area contributed by atoms with Gasteiger partial charge in [-0.15, -0.1) is 11.3 Å². The van der Waals surface area contributed by atoms with Gasteiger partial charge >= 0.3 is 5.97 Å². The van der Waals surface area contributed by atoms with Gasteiger partial charge in [0.05, 0.1) is 25.1 Å². The van der Waals surface area contributed by atoms with Crippen LogP contribution in [0.5, 0.6) is 5.75 Å². The lowest BCUT2D eigenvalue weighted by Gasteiger charge is -2.19. The number of nitrogens with zero attached hydrogens (tertiary/aromatic N) is 1. The van der Waals surface area contributed by atoms with Gasteiger partial charge in [0.1, 0.15) is 22.9 Å². The van der Waals surface area contributed by atoms with E-state index >= 15 is 0 Å². The number of esters is 1. The lowest BCUT2D eigenvalue weighted by atomic mass is 10.0. The summed E-state index contributed by atoms with van der Waals surface area (Å²) >= 11 is 1.55. The number of carbonyl (C=O) groups excluding carboxylic acids is 1. The lowest BCUT2D eigenvalue weighted by Crippen LogP contribution is -3.08. The zero-order valence-corrected chi connectivity index (χ0v) is 15.6. The van der Waals surface area contributed by atoms with Crippen LogP contribution in [0.1, 0.15) is 38.8 Å². The van der Waals surface area contributed by atoms with Gasteiger partial charge in [-0.05, 0) is 31.0 Å². The molecule has 1 atom stereocenters. The molecule has 1 aliphatic rings. The molecule has 25 heavy (non-hydrogen) atoms. The second kappa shape index (κ2) is 7.37. The molecule has 1 aliphatic heterocycles. The highest BCUT2D eigenvalue weighted by molar-refractivity contribution is 7.16. The molecule has 0 amide bonds. The van der Waals surface area contributed by atoms with Crippen LogP contribution < -0.4 is 4.90 Å². The zero-order chi connectivity index (χ0) is 18.0. The number of ether oxygens (including phenoxy) is 1. The van der Waals surface area contributed by atoms with E-state index < -0.39 is 0 Å². The van der Waals surface area contributed by atoms with Crippen molar-refractivity contribution in [2.75, 3.05) is 20.2 Å². The van der Waals surface area contributed by atoms with Crippen molar-refractivity contribution in [3.05, 3.63) is 45.3 Å². The number of aliphatic imine (C=N–C) groups is 1. The van der Waals surface area contributed by atoms with Crippen LogP contribution in [0.15, 0.2) is 23.2 Å². The lowest BCUT2D eigenvalue weighted by molar-refractivity contribution is -0.895. The molecule has 6 heteroatoms. The summed E-state index contributed by atoms with van der Waals surface area (Å²) in [5.41, 5.74) is 3.11. The maximum absolute atomic E-state index is 12.5. The number of likely N-dealkylation sites (N-methyl/N-ethyl adjacent to an activating group) is 1. The molecular weight excluding hydrogens is 336 g/mol. The van der Waals surface area contributed by atoms with E-state index in [4.69, 9.17) is 4.74 Å². The van der Waals surface area contributed by atoms with Gasteiger partial charge in [-0.1, -0.05) is 12.1 Å². The van der Waals surface area contributed by atoms with Crippen molar-refractivity contribution < 1.29 is 19.5 Å². The number of carbonyl (C=O) groups is 1. The SMILES string of the molecule is CCOC(=O)c1c(/N=C/c2cccc(C)c2O)sc2c1CC[NH+](C)C2. The van der Waals surface area contributed by atoms with Crippen LogP contribution in [-0.2, 0) is 17.7 Å². The van der Waals surface area contributed by atoms with Crippen molar-refractivity contribution in [1.82, 2.24) is 0 Å². The molecule has 3 rings (SSSR count). The molecule has 1 aromatic heterocycles. The maximum Gasteiger partial charge on any atom is 0.341 e. The normalized spacial score (nSPS) is 16.8. The van der Waals surface area contributed by atoms with Crippen molar-refractivity contribution in [3.8, 4) is 5.75 Å². The first-order valence-corrected chi connectivity index (χ1v) is 9.28. The van der Waals surface area contributed by atoms with Gasteiger partial charge in [0.15, 0.2) is 0 Å².